The lowest BCUT2D eigenvalue weighted by molar-refractivity contribution is -0.147. The highest BCUT2D eigenvalue weighted by Gasteiger charge is 2.44. The summed E-state index contributed by atoms with van der Waals surface area (Å²) in [6.45, 7) is 1.37. The third kappa shape index (κ3) is 4.74. The fourth-order valence-electron chi connectivity index (χ4n) is 3.71. The number of rotatable bonds is 7. The SMILES string of the molecule is Cc1ccc(C(=O)COC(=O)C(Cc2ccccc2)N2C(=O)c3cc(Cl)c(Cl)cc3C2=O)cc1. The van der Waals surface area contributed by atoms with Gasteiger partial charge in [-0.15, -0.1) is 0 Å². The van der Waals surface area contributed by atoms with Crippen LogP contribution < -0.4 is 0 Å². The zero-order valence-corrected chi connectivity index (χ0v) is 19.6. The van der Waals surface area contributed by atoms with E-state index in [1.54, 1.807) is 48.5 Å². The summed E-state index contributed by atoms with van der Waals surface area (Å²) in [6.07, 6.45) is 0.0192. The van der Waals surface area contributed by atoms with Gasteiger partial charge in [-0.05, 0) is 24.6 Å². The van der Waals surface area contributed by atoms with E-state index >= 15 is 0 Å². The van der Waals surface area contributed by atoms with Crippen LogP contribution in [0.5, 0.6) is 0 Å². The Morgan fingerprint density at radius 2 is 1.44 bits per heavy atom. The van der Waals surface area contributed by atoms with Crippen LogP contribution in [0.3, 0.4) is 0 Å². The highest BCUT2D eigenvalue weighted by atomic mass is 35.5. The van der Waals surface area contributed by atoms with Crippen molar-refractivity contribution in [2.45, 2.75) is 19.4 Å². The number of carbonyl (C=O) groups is 4. The van der Waals surface area contributed by atoms with Crippen LogP contribution in [0, 0.1) is 6.92 Å². The molecule has 1 heterocycles. The van der Waals surface area contributed by atoms with Gasteiger partial charge in [0.2, 0.25) is 0 Å². The minimum atomic E-state index is -1.28. The summed E-state index contributed by atoms with van der Waals surface area (Å²) in [6, 6.07) is 17.1. The van der Waals surface area contributed by atoms with Crippen molar-refractivity contribution in [3.05, 3.63) is 105 Å². The van der Waals surface area contributed by atoms with Crippen LogP contribution in [0.15, 0.2) is 66.7 Å². The second kappa shape index (κ2) is 9.79. The molecule has 3 aromatic carbocycles. The maximum absolute atomic E-state index is 13.1. The minimum absolute atomic E-state index is 0.0192. The first-order chi connectivity index (χ1) is 16.3. The number of hydrogen-bond acceptors (Lipinski definition) is 5. The van der Waals surface area contributed by atoms with Crippen molar-refractivity contribution in [3.8, 4) is 0 Å². The van der Waals surface area contributed by atoms with E-state index in [1.807, 2.05) is 13.0 Å². The molecule has 0 N–H and O–H groups in total. The number of fused-ring (bicyclic) bond motifs is 1. The van der Waals surface area contributed by atoms with Crippen molar-refractivity contribution in [1.29, 1.82) is 0 Å². The number of amides is 2. The van der Waals surface area contributed by atoms with E-state index < -0.39 is 36.2 Å². The average molecular weight is 496 g/mol. The van der Waals surface area contributed by atoms with Gasteiger partial charge in [0.05, 0.1) is 21.2 Å². The van der Waals surface area contributed by atoms with Gasteiger partial charge >= 0.3 is 5.97 Å². The van der Waals surface area contributed by atoms with Gasteiger partial charge in [0.25, 0.3) is 11.8 Å². The fraction of sp³-hybridized carbons (Fsp3) is 0.154. The van der Waals surface area contributed by atoms with Gasteiger partial charge in [0.1, 0.15) is 6.04 Å². The molecule has 0 aliphatic carbocycles. The number of esters is 1. The fourth-order valence-corrected chi connectivity index (χ4v) is 4.04. The van der Waals surface area contributed by atoms with E-state index in [0.717, 1.165) is 10.5 Å². The van der Waals surface area contributed by atoms with E-state index in [-0.39, 0.29) is 27.6 Å². The second-order valence-electron chi connectivity index (χ2n) is 7.89. The quantitative estimate of drug-likeness (QED) is 0.263. The molecule has 0 fully saturated rings. The molecular formula is C26H19Cl2NO5. The Morgan fingerprint density at radius 3 is 2.00 bits per heavy atom. The van der Waals surface area contributed by atoms with Crippen molar-refractivity contribution in [1.82, 2.24) is 4.90 Å². The zero-order valence-electron chi connectivity index (χ0n) is 18.1. The van der Waals surface area contributed by atoms with Gasteiger partial charge in [-0.3, -0.25) is 19.3 Å². The number of hydrogen-bond donors (Lipinski definition) is 0. The summed E-state index contributed by atoms with van der Waals surface area (Å²) in [7, 11) is 0. The van der Waals surface area contributed by atoms with E-state index in [2.05, 4.69) is 0 Å². The molecule has 0 bridgehead atoms. The van der Waals surface area contributed by atoms with Crippen LogP contribution in [-0.2, 0) is 16.0 Å². The Morgan fingerprint density at radius 1 is 0.882 bits per heavy atom. The molecule has 3 aromatic rings. The summed E-state index contributed by atoms with van der Waals surface area (Å²) < 4.78 is 5.29. The first-order valence-electron chi connectivity index (χ1n) is 10.4. The first-order valence-corrected chi connectivity index (χ1v) is 11.2. The molecule has 172 valence electrons. The van der Waals surface area contributed by atoms with Crippen LogP contribution in [0.2, 0.25) is 10.0 Å². The lowest BCUT2D eigenvalue weighted by Gasteiger charge is -2.24. The molecule has 0 saturated carbocycles. The number of imide groups is 1. The number of aryl methyl sites for hydroxylation is 1. The minimum Gasteiger partial charge on any atom is -0.456 e. The van der Waals surface area contributed by atoms with Crippen LogP contribution in [0.25, 0.3) is 0 Å². The number of Topliss-reactive ketones (excluding diaryl/α,β-unsaturated/α-hetero) is 1. The third-order valence-electron chi connectivity index (χ3n) is 5.53. The van der Waals surface area contributed by atoms with E-state index in [1.165, 1.54) is 12.1 Å². The van der Waals surface area contributed by atoms with E-state index in [0.29, 0.717) is 11.1 Å². The number of carbonyl (C=O) groups excluding carboxylic acids is 4. The lowest BCUT2D eigenvalue weighted by atomic mass is 10.0. The summed E-state index contributed by atoms with van der Waals surface area (Å²) in [5, 5.41) is 0.239. The Hall–Kier alpha value is -3.48. The highest BCUT2D eigenvalue weighted by molar-refractivity contribution is 6.43. The molecule has 1 aliphatic rings. The number of ketones is 1. The molecule has 1 unspecified atom stereocenters. The first kappa shape index (κ1) is 23.7. The zero-order chi connectivity index (χ0) is 24.4. The maximum atomic E-state index is 13.1. The Labute approximate surface area is 206 Å². The summed E-state index contributed by atoms with van der Waals surface area (Å²) >= 11 is 12.1. The van der Waals surface area contributed by atoms with Crippen molar-refractivity contribution in [2.24, 2.45) is 0 Å². The van der Waals surface area contributed by atoms with Crippen molar-refractivity contribution >= 4 is 46.8 Å². The van der Waals surface area contributed by atoms with Gasteiger partial charge in [-0.2, -0.15) is 0 Å². The van der Waals surface area contributed by atoms with Gasteiger partial charge in [-0.1, -0.05) is 83.4 Å². The maximum Gasteiger partial charge on any atom is 0.330 e. The predicted molar refractivity (Wildman–Crippen MR) is 127 cm³/mol. The topological polar surface area (TPSA) is 80.8 Å². The Bertz CT molecular complexity index is 1250. The third-order valence-corrected chi connectivity index (χ3v) is 6.26. The van der Waals surface area contributed by atoms with Gasteiger partial charge in [0, 0.05) is 12.0 Å². The van der Waals surface area contributed by atoms with Crippen molar-refractivity contribution in [3.63, 3.8) is 0 Å². The Kier molecular flexibility index (Phi) is 6.82. The summed E-state index contributed by atoms with van der Waals surface area (Å²) in [5.74, 6) is -2.62. The second-order valence-corrected chi connectivity index (χ2v) is 8.71. The van der Waals surface area contributed by atoms with Gasteiger partial charge in [0.15, 0.2) is 12.4 Å². The van der Waals surface area contributed by atoms with Crippen molar-refractivity contribution in [2.75, 3.05) is 6.61 Å². The smallest absolute Gasteiger partial charge is 0.330 e. The van der Waals surface area contributed by atoms with Gasteiger partial charge in [-0.25, -0.2) is 4.79 Å². The number of benzene rings is 3. The monoisotopic (exact) mass is 495 g/mol. The van der Waals surface area contributed by atoms with Crippen LogP contribution in [0.1, 0.15) is 42.2 Å². The molecule has 0 saturated heterocycles. The number of ether oxygens (including phenoxy) is 1. The van der Waals surface area contributed by atoms with Gasteiger partial charge < -0.3 is 4.74 Å². The van der Waals surface area contributed by atoms with E-state index in [4.69, 9.17) is 27.9 Å². The molecule has 1 atom stereocenters. The summed E-state index contributed by atoms with van der Waals surface area (Å²) in [4.78, 5) is 52.7. The molecule has 2 amide bonds. The molecule has 4 rings (SSSR count). The lowest BCUT2D eigenvalue weighted by Crippen LogP contribution is -2.47. The van der Waals surface area contributed by atoms with Crippen LogP contribution in [0.4, 0.5) is 0 Å². The molecule has 0 radical (unpaired) electrons. The molecule has 8 heteroatoms. The largest absolute Gasteiger partial charge is 0.456 e. The van der Waals surface area contributed by atoms with Crippen LogP contribution >= 0.6 is 23.2 Å². The Balaban J connectivity index is 1.60. The standard InChI is InChI=1S/C26H19Cl2NO5/c1-15-7-9-17(10-8-15)23(30)14-34-26(33)22(11-16-5-3-2-4-6-16)29-24(31)18-12-20(27)21(28)13-19(18)25(29)32/h2-10,12-13,22H,11,14H2,1H3. The molecule has 6 nitrogen and oxygen atoms in total. The number of nitrogens with zero attached hydrogens (tertiary/aromatic N) is 1. The average Bonchev–Trinajstić information content (AvgIpc) is 3.06. The van der Waals surface area contributed by atoms with Crippen LogP contribution in [-0.4, -0.2) is 41.1 Å². The highest BCUT2D eigenvalue weighted by Crippen LogP contribution is 2.33. The molecular weight excluding hydrogens is 477 g/mol. The van der Waals surface area contributed by atoms with E-state index in [9.17, 15) is 19.2 Å². The number of halogens is 2. The summed E-state index contributed by atoms with van der Waals surface area (Å²) in [5.41, 5.74) is 2.20. The molecule has 34 heavy (non-hydrogen) atoms. The molecule has 0 spiro atoms. The normalized spacial score (nSPS) is 13.6. The van der Waals surface area contributed by atoms with Crippen molar-refractivity contribution < 1.29 is 23.9 Å². The molecule has 0 aromatic heterocycles. The predicted octanol–water partition coefficient (Wildman–Crippen LogP) is 4.94. The molecule has 1 aliphatic heterocycles.